The molecule has 0 radical (unpaired) electrons. The lowest BCUT2D eigenvalue weighted by Gasteiger charge is -2.39. The molecule has 4 heterocycles. The Morgan fingerprint density at radius 2 is 2.19 bits per heavy atom. The van der Waals surface area contributed by atoms with E-state index in [9.17, 15) is 4.79 Å². The summed E-state index contributed by atoms with van der Waals surface area (Å²) in [6.45, 7) is 6.25. The summed E-state index contributed by atoms with van der Waals surface area (Å²) < 4.78 is 2.57. The molecule has 26 heavy (non-hydrogen) atoms. The summed E-state index contributed by atoms with van der Waals surface area (Å²) in [4.78, 5) is 22.3. The molecule has 7 heteroatoms. The van der Waals surface area contributed by atoms with Crippen molar-refractivity contribution in [3.05, 3.63) is 54.5 Å². The molecule has 4 nitrogen and oxygen atoms in total. The molecule has 5 rings (SSSR count). The lowest BCUT2D eigenvalue weighted by atomic mass is 9.66. The van der Waals surface area contributed by atoms with Crippen molar-refractivity contribution in [1.29, 1.82) is 0 Å². The van der Waals surface area contributed by atoms with Gasteiger partial charge in [0.1, 0.15) is 0 Å². The second-order valence-electron chi connectivity index (χ2n) is 7.51. The number of halogens is 1. The van der Waals surface area contributed by atoms with E-state index in [2.05, 4.69) is 22.9 Å². The summed E-state index contributed by atoms with van der Waals surface area (Å²) in [5.74, 6) is 2.06. The molecule has 0 aromatic carbocycles. The van der Waals surface area contributed by atoms with Crippen LogP contribution in [0.2, 0.25) is 4.34 Å². The predicted octanol–water partition coefficient (Wildman–Crippen LogP) is 4.58. The van der Waals surface area contributed by atoms with E-state index < -0.39 is 0 Å². The number of rotatable bonds is 3. The van der Waals surface area contributed by atoms with Gasteiger partial charge < -0.3 is 0 Å². The molecular formula is C19H20ClN3OS2. The number of hydrogen-bond acceptors (Lipinski definition) is 5. The largest absolute Gasteiger partial charge is 0.296 e. The highest BCUT2D eigenvalue weighted by Crippen LogP contribution is 2.54. The highest BCUT2D eigenvalue weighted by atomic mass is 35.5. The van der Waals surface area contributed by atoms with E-state index in [1.165, 1.54) is 22.6 Å². The Bertz CT molecular complexity index is 1040. The number of fused-ring (bicyclic) bond motifs is 2. The Hall–Kier alpha value is -1.21. The Labute approximate surface area is 165 Å². The first kappa shape index (κ1) is 16.9. The van der Waals surface area contributed by atoms with Crippen LogP contribution in [0.25, 0.3) is 4.96 Å². The van der Waals surface area contributed by atoms with Crippen LogP contribution in [0.5, 0.6) is 0 Å². The van der Waals surface area contributed by atoms with Crippen LogP contribution in [0.3, 0.4) is 0 Å². The van der Waals surface area contributed by atoms with Crippen LogP contribution in [-0.4, -0.2) is 27.4 Å². The van der Waals surface area contributed by atoms with E-state index in [4.69, 9.17) is 11.6 Å². The zero-order valence-electron chi connectivity index (χ0n) is 14.7. The Morgan fingerprint density at radius 1 is 1.35 bits per heavy atom. The van der Waals surface area contributed by atoms with Gasteiger partial charge in [0.2, 0.25) is 0 Å². The van der Waals surface area contributed by atoms with Crippen LogP contribution in [0.15, 0.2) is 28.5 Å². The van der Waals surface area contributed by atoms with Gasteiger partial charge >= 0.3 is 0 Å². The molecule has 0 N–H and O–H groups in total. The first-order chi connectivity index (χ1) is 12.5. The monoisotopic (exact) mass is 405 g/mol. The van der Waals surface area contributed by atoms with Crippen molar-refractivity contribution in [1.82, 2.24) is 14.3 Å². The maximum Gasteiger partial charge on any atom is 0.263 e. The van der Waals surface area contributed by atoms with Crippen molar-refractivity contribution in [3.8, 4) is 0 Å². The molecule has 2 aliphatic rings. The van der Waals surface area contributed by atoms with Crippen LogP contribution < -0.4 is 5.56 Å². The van der Waals surface area contributed by atoms with Crippen LogP contribution in [-0.2, 0) is 0 Å². The van der Waals surface area contributed by atoms with Crippen LogP contribution in [0.4, 0.5) is 0 Å². The number of aryl methyl sites for hydroxylation is 1. The van der Waals surface area contributed by atoms with E-state index >= 15 is 0 Å². The van der Waals surface area contributed by atoms with Gasteiger partial charge in [-0.1, -0.05) is 11.6 Å². The minimum Gasteiger partial charge on any atom is -0.296 e. The average molecular weight is 406 g/mol. The first-order valence-electron chi connectivity index (χ1n) is 8.98. The van der Waals surface area contributed by atoms with Crippen molar-refractivity contribution in [2.45, 2.75) is 32.2 Å². The van der Waals surface area contributed by atoms with Crippen molar-refractivity contribution < 1.29 is 0 Å². The molecule has 2 fully saturated rings. The molecule has 0 spiro atoms. The lowest BCUT2D eigenvalue weighted by molar-refractivity contribution is 0.194. The smallest absolute Gasteiger partial charge is 0.263 e. The maximum atomic E-state index is 13.0. The van der Waals surface area contributed by atoms with Crippen LogP contribution in [0.1, 0.15) is 41.4 Å². The first-order valence-corrected chi connectivity index (χ1v) is 11.1. The summed E-state index contributed by atoms with van der Waals surface area (Å²) in [5.41, 5.74) is 1.80. The van der Waals surface area contributed by atoms with Gasteiger partial charge in [0.15, 0.2) is 4.96 Å². The predicted molar refractivity (Wildman–Crippen MR) is 108 cm³/mol. The third-order valence-corrected chi connectivity index (χ3v) is 8.33. The van der Waals surface area contributed by atoms with Crippen molar-refractivity contribution in [2.75, 3.05) is 13.1 Å². The van der Waals surface area contributed by atoms with E-state index in [0.29, 0.717) is 11.8 Å². The molecule has 0 amide bonds. The van der Waals surface area contributed by atoms with Gasteiger partial charge in [0, 0.05) is 35.6 Å². The van der Waals surface area contributed by atoms with Crippen LogP contribution >= 0.6 is 34.3 Å². The summed E-state index contributed by atoms with van der Waals surface area (Å²) in [7, 11) is 0. The van der Waals surface area contributed by atoms with Gasteiger partial charge in [-0.05, 0) is 50.2 Å². The van der Waals surface area contributed by atoms with Gasteiger partial charge in [-0.25, -0.2) is 4.98 Å². The van der Waals surface area contributed by atoms with Crippen molar-refractivity contribution >= 4 is 39.2 Å². The summed E-state index contributed by atoms with van der Waals surface area (Å²) in [5, 5.41) is 1.92. The zero-order chi connectivity index (χ0) is 18.0. The molecule has 1 aliphatic carbocycles. The molecular weight excluding hydrogens is 386 g/mol. The van der Waals surface area contributed by atoms with E-state index in [1.807, 2.05) is 24.6 Å². The molecule has 1 saturated carbocycles. The molecule has 4 unspecified atom stereocenters. The quantitative estimate of drug-likeness (QED) is 0.640. The third-order valence-electron chi connectivity index (χ3n) is 6.21. The SMILES string of the molecule is Cc1nc2sccn2c(=O)c1C(C)N1CC2CC(c3ccc(Cl)s3)C2C1. The zero-order valence-corrected chi connectivity index (χ0v) is 17.1. The van der Waals surface area contributed by atoms with E-state index in [1.54, 1.807) is 15.7 Å². The molecule has 4 atom stereocenters. The molecule has 3 aromatic heterocycles. The fraction of sp³-hybridized carbons (Fsp3) is 0.474. The summed E-state index contributed by atoms with van der Waals surface area (Å²) in [6.07, 6.45) is 3.07. The minimum atomic E-state index is 0.0853. The average Bonchev–Trinajstić information content (AvgIpc) is 3.28. The highest BCUT2D eigenvalue weighted by molar-refractivity contribution is 7.16. The fourth-order valence-corrected chi connectivity index (χ4v) is 6.77. The fourth-order valence-electron chi connectivity index (χ4n) is 4.77. The van der Waals surface area contributed by atoms with Crippen molar-refractivity contribution in [2.24, 2.45) is 11.8 Å². The topological polar surface area (TPSA) is 37.6 Å². The maximum absolute atomic E-state index is 13.0. The standard InChI is InChI=1S/C19H20ClN3OS2/c1-10-17(18(24)23-5-6-25-19(23)21-10)11(2)22-8-12-7-13(14(12)9-22)15-3-4-16(20)26-15/h3-6,11-14H,7-9H2,1-2H3. The number of likely N-dealkylation sites (tertiary alicyclic amines) is 1. The molecule has 3 aromatic rings. The number of nitrogens with zero attached hydrogens (tertiary/aromatic N) is 3. The van der Waals surface area contributed by atoms with Gasteiger partial charge in [0.05, 0.1) is 15.6 Å². The summed E-state index contributed by atoms with van der Waals surface area (Å²) in [6, 6.07) is 4.30. The number of thiophene rings is 1. The van der Waals surface area contributed by atoms with Gasteiger partial charge in [-0.2, -0.15) is 0 Å². The number of thiazole rings is 1. The molecule has 136 valence electrons. The summed E-state index contributed by atoms with van der Waals surface area (Å²) >= 11 is 9.35. The molecule has 1 saturated heterocycles. The van der Waals surface area contributed by atoms with Gasteiger partial charge in [-0.3, -0.25) is 14.1 Å². The third kappa shape index (κ3) is 2.50. The normalized spacial score (nSPS) is 26.8. The van der Waals surface area contributed by atoms with Gasteiger partial charge in [0.25, 0.3) is 5.56 Å². The molecule has 1 aliphatic heterocycles. The van der Waals surface area contributed by atoms with Gasteiger partial charge in [-0.15, -0.1) is 22.7 Å². The van der Waals surface area contributed by atoms with E-state index in [0.717, 1.165) is 39.6 Å². The van der Waals surface area contributed by atoms with E-state index in [-0.39, 0.29) is 11.6 Å². The number of aromatic nitrogens is 2. The number of hydrogen-bond donors (Lipinski definition) is 0. The Kier molecular flexibility index (Phi) is 4.01. The molecule has 0 bridgehead atoms. The minimum absolute atomic E-state index is 0.0853. The Morgan fingerprint density at radius 3 is 2.96 bits per heavy atom. The van der Waals surface area contributed by atoms with Crippen molar-refractivity contribution in [3.63, 3.8) is 0 Å². The second-order valence-corrected chi connectivity index (χ2v) is 10.1. The highest BCUT2D eigenvalue weighted by Gasteiger charge is 2.49. The Balaban J connectivity index is 1.41. The second kappa shape index (κ2) is 6.16. The lowest BCUT2D eigenvalue weighted by Crippen LogP contribution is -2.33. The van der Waals surface area contributed by atoms with Crippen LogP contribution in [0, 0.1) is 18.8 Å².